The Kier molecular flexibility index (Phi) is 4.24. The van der Waals surface area contributed by atoms with Crippen LogP contribution in [-0.4, -0.2) is 0 Å². The molecule has 0 unspecified atom stereocenters. The van der Waals surface area contributed by atoms with E-state index in [0.717, 1.165) is 11.1 Å². The first-order valence-electron chi connectivity index (χ1n) is 5.47. The van der Waals surface area contributed by atoms with Gasteiger partial charge in [-0.25, -0.2) is 4.39 Å². The van der Waals surface area contributed by atoms with Crippen molar-refractivity contribution in [3.63, 3.8) is 0 Å². The van der Waals surface area contributed by atoms with Crippen molar-refractivity contribution in [2.75, 3.05) is 0 Å². The second-order valence-corrected chi connectivity index (χ2v) is 3.72. The van der Waals surface area contributed by atoms with Crippen LogP contribution in [0.5, 0.6) is 0 Å². The van der Waals surface area contributed by atoms with E-state index in [-0.39, 0.29) is 5.82 Å². The monoisotopic (exact) mass is 231 g/mol. The number of hydrogen-bond acceptors (Lipinski definition) is 2. The summed E-state index contributed by atoms with van der Waals surface area (Å²) in [4.78, 5) is 5.31. The Balaban J connectivity index is 1.71. The van der Waals surface area contributed by atoms with Crippen LogP contribution in [0.4, 0.5) is 4.39 Å². The van der Waals surface area contributed by atoms with Gasteiger partial charge < -0.3 is 0 Å². The average Bonchev–Trinajstić information content (AvgIpc) is 2.38. The minimum absolute atomic E-state index is 0.223. The first-order chi connectivity index (χ1) is 8.34. The summed E-state index contributed by atoms with van der Waals surface area (Å²) in [5, 5.41) is 0. The Bertz CT molecular complexity index is 442. The maximum Gasteiger partial charge on any atom is 0.123 e. The van der Waals surface area contributed by atoms with Gasteiger partial charge in [-0.05, 0) is 23.3 Å². The Labute approximate surface area is 100 Å². The van der Waals surface area contributed by atoms with Crippen molar-refractivity contribution in [2.24, 2.45) is 0 Å². The first kappa shape index (κ1) is 11.8. The van der Waals surface area contributed by atoms with Crippen LogP contribution in [0.25, 0.3) is 0 Å². The number of halogens is 1. The summed E-state index contributed by atoms with van der Waals surface area (Å²) in [6, 6.07) is 16.2. The van der Waals surface area contributed by atoms with Gasteiger partial charge in [0, 0.05) is 6.54 Å². The molecule has 17 heavy (non-hydrogen) atoms. The second kappa shape index (κ2) is 6.13. The Morgan fingerprint density at radius 2 is 1.59 bits per heavy atom. The van der Waals surface area contributed by atoms with Crippen LogP contribution in [0.2, 0.25) is 0 Å². The summed E-state index contributed by atoms with van der Waals surface area (Å²) in [7, 11) is 0. The van der Waals surface area contributed by atoms with Crippen molar-refractivity contribution in [1.82, 2.24) is 5.48 Å². The van der Waals surface area contributed by atoms with E-state index in [2.05, 4.69) is 5.48 Å². The molecule has 2 aromatic carbocycles. The second-order valence-electron chi connectivity index (χ2n) is 3.72. The van der Waals surface area contributed by atoms with Gasteiger partial charge in [-0.15, -0.1) is 0 Å². The summed E-state index contributed by atoms with van der Waals surface area (Å²) in [6.45, 7) is 1.08. The third-order valence-electron chi connectivity index (χ3n) is 2.37. The van der Waals surface area contributed by atoms with Crippen molar-refractivity contribution in [1.29, 1.82) is 0 Å². The average molecular weight is 231 g/mol. The summed E-state index contributed by atoms with van der Waals surface area (Å²) in [5.74, 6) is -0.223. The highest BCUT2D eigenvalue weighted by molar-refractivity contribution is 5.15. The molecule has 0 aliphatic heterocycles. The largest absolute Gasteiger partial charge is 0.297 e. The highest BCUT2D eigenvalue weighted by Gasteiger charge is 1.94. The number of rotatable bonds is 5. The molecule has 0 radical (unpaired) electrons. The maximum atomic E-state index is 12.6. The number of nitrogens with one attached hydrogen (secondary N) is 1. The van der Waals surface area contributed by atoms with Gasteiger partial charge in [0.05, 0.1) is 6.61 Å². The Hall–Kier alpha value is -1.71. The highest BCUT2D eigenvalue weighted by Crippen LogP contribution is 2.03. The van der Waals surface area contributed by atoms with Gasteiger partial charge in [-0.2, -0.15) is 5.48 Å². The summed E-state index contributed by atoms with van der Waals surface area (Å²) in [6.07, 6.45) is 0. The Morgan fingerprint density at radius 1 is 0.882 bits per heavy atom. The van der Waals surface area contributed by atoms with Crippen molar-refractivity contribution >= 4 is 0 Å². The first-order valence-corrected chi connectivity index (χ1v) is 5.47. The smallest absolute Gasteiger partial charge is 0.123 e. The number of benzene rings is 2. The lowest BCUT2D eigenvalue weighted by Gasteiger charge is -2.06. The van der Waals surface area contributed by atoms with E-state index in [1.807, 2.05) is 30.3 Å². The molecule has 0 spiro atoms. The summed E-state index contributed by atoms with van der Waals surface area (Å²) >= 11 is 0. The van der Waals surface area contributed by atoms with E-state index in [1.165, 1.54) is 12.1 Å². The molecule has 2 nitrogen and oxygen atoms in total. The van der Waals surface area contributed by atoms with Crippen LogP contribution < -0.4 is 5.48 Å². The molecule has 2 aromatic rings. The molecule has 0 atom stereocenters. The lowest BCUT2D eigenvalue weighted by molar-refractivity contribution is 0.0235. The van der Waals surface area contributed by atoms with Crippen molar-refractivity contribution in [3.8, 4) is 0 Å². The predicted octanol–water partition coefficient (Wildman–Crippen LogP) is 3.05. The molecular formula is C14H14FNO. The molecule has 0 bridgehead atoms. The van der Waals surface area contributed by atoms with Gasteiger partial charge in [-0.1, -0.05) is 42.5 Å². The topological polar surface area (TPSA) is 21.3 Å². The molecule has 0 fully saturated rings. The molecule has 0 saturated heterocycles. The minimum Gasteiger partial charge on any atom is -0.297 e. The molecule has 0 aliphatic carbocycles. The van der Waals surface area contributed by atoms with Crippen molar-refractivity contribution in [3.05, 3.63) is 71.5 Å². The molecule has 0 heterocycles. The fraction of sp³-hybridized carbons (Fsp3) is 0.143. The maximum absolute atomic E-state index is 12.6. The van der Waals surface area contributed by atoms with Crippen LogP contribution in [0.15, 0.2) is 54.6 Å². The third kappa shape index (κ3) is 3.98. The van der Waals surface area contributed by atoms with Gasteiger partial charge in [0.15, 0.2) is 0 Å². The zero-order chi connectivity index (χ0) is 11.9. The minimum atomic E-state index is -0.223. The van der Waals surface area contributed by atoms with Gasteiger partial charge in [-0.3, -0.25) is 4.84 Å². The van der Waals surface area contributed by atoms with Crippen LogP contribution in [0.3, 0.4) is 0 Å². The summed E-state index contributed by atoms with van der Waals surface area (Å²) in [5.41, 5.74) is 4.94. The van der Waals surface area contributed by atoms with E-state index in [1.54, 1.807) is 12.1 Å². The molecule has 0 amide bonds. The van der Waals surface area contributed by atoms with E-state index < -0.39 is 0 Å². The zero-order valence-electron chi connectivity index (χ0n) is 9.40. The van der Waals surface area contributed by atoms with E-state index in [9.17, 15) is 4.39 Å². The molecule has 1 N–H and O–H groups in total. The lowest BCUT2D eigenvalue weighted by Crippen LogP contribution is -2.13. The quantitative estimate of drug-likeness (QED) is 0.630. The van der Waals surface area contributed by atoms with E-state index in [0.29, 0.717) is 13.2 Å². The van der Waals surface area contributed by atoms with Gasteiger partial charge in [0.25, 0.3) is 0 Å². The highest BCUT2D eigenvalue weighted by atomic mass is 19.1. The van der Waals surface area contributed by atoms with E-state index >= 15 is 0 Å². The fourth-order valence-electron chi connectivity index (χ4n) is 1.45. The van der Waals surface area contributed by atoms with Crippen molar-refractivity contribution < 1.29 is 9.23 Å². The lowest BCUT2D eigenvalue weighted by atomic mass is 10.2. The fourth-order valence-corrected chi connectivity index (χ4v) is 1.45. The summed E-state index contributed by atoms with van der Waals surface area (Å²) < 4.78 is 12.6. The van der Waals surface area contributed by atoms with Gasteiger partial charge >= 0.3 is 0 Å². The number of hydroxylamine groups is 1. The number of hydrogen-bond donors (Lipinski definition) is 1. The van der Waals surface area contributed by atoms with Crippen LogP contribution in [-0.2, 0) is 18.0 Å². The molecule has 3 heteroatoms. The predicted molar refractivity (Wildman–Crippen MR) is 64.5 cm³/mol. The van der Waals surface area contributed by atoms with Crippen LogP contribution >= 0.6 is 0 Å². The molecule has 0 saturated carbocycles. The SMILES string of the molecule is Fc1ccc(CNOCc2ccccc2)cc1. The standard InChI is InChI=1S/C14H14FNO/c15-14-8-6-12(7-9-14)10-16-17-11-13-4-2-1-3-5-13/h1-9,16H,10-11H2. The molecule has 2 rings (SSSR count). The molecular weight excluding hydrogens is 217 g/mol. The van der Waals surface area contributed by atoms with Crippen LogP contribution in [0, 0.1) is 5.82 Å². The Morgan fingerprint density at radius 3 is 2.29 bits per heavy atom. The van der Waals surface area contributed by atoms with E-state index in [4.69, 9.17) is 4.84 Å². The third-order valence-corrected chi connectivity index (χ3v) is 2.37. The van der Waals surface area contributed by atoms with Gasteiger partial charge in [0.1, 0.15) is 5.82 Å². The van der Waals surface area contributed by atoms with Crippen molar-refractivity contribution in [2.45, 2.75) is 13.2 Å². The molecule has 88 valence electrons. The molecule has 0 aliphatic rings. The normalized spacial score (nSPS) is 10.4. The zero-order valence-corrected chi connectivity index (χ0v) is 9.40. The molecule has 0 aromatic heterocycles. The van der Waals surface area contributed by atoms with Crippen LogP contribution in [0.1, 0.15) is 11.1 Å². The van der Waals surface area contributed by atoms with Gasteiger partial charge in [0.2, 0.25) is 0 Å².